The number of imidazole rings is 1. The first-order chi connectivity index (χ1) is 16.6. The third-order valence-corrected chi connectivity index (χ3v) is 7.44. The number of hydrogen-bond acceptors (Lipinski definition) is 8. The van der Waals surface area contributed by atoms with Gasteiger partial charge in [0.25, 0.3) is 0 Å². The molecule has 172 valence electrons. The number of carbonyl (C=O) groups is 1. The largest absolute Gasteiger partial charge is 0.465 e. The lowest BCUT2D eigenvalue weighted by Gasteiger charge is -2.11. The highest BCUT2D eigenvalue weighted by atomic mass is 32.2. The smallest absolute Gasteiger partial charge is 0.350 e. The zero-order chi connectivity index (χ0) is 23.7. The van der Waals surface area contributed by atoms with Crippen LogP contribution < -0.4 is 0 Å². The number of benzene rings is 2. The number of nitrogens with zero attached hydrogens (tertiary/aromatic N) is 5. The highest BCUT2D eigenvalue weighted by Gasteiger charge is 2.24. The van der Waals surface area contributed by atoms with Crippen molar-refractivity contribution < 1.29 is 9.53 Å². The van der Waals surface area contributed by atoms with Crippen LogP contribution in [0.2, 0.25) is 0 Å². The Labute approximate surface area is 204 Å². The zero-order valence-corrected chi connectivity index (χ0v) is 20.5. The van der Waals surface area contributed by atoms with E-state index in [9.17, 15) is 4.79 Å². The molecule has 0 saturated carbocycles. The summed E-state index contributed by atoms with van der Waals surface area (Å²) in [5, 5.41) is 15.2. The molecule has 0 aliphatic heterocycles. The SMILES string of the molecule is CCSc1nc2c(C)sc(C(=O)OC)c2n1Cc1ccc(-c2ccccc2-c2nnn[nH]2)cc1. The number of esters is 1. The second-order valence-electron chi connectivity index (χ2n) is 7.58. The molecular formula is C24H22N6O2S2. The van der Waals surface area contributed by atoms with Crippen LogP contribution in [0.25, 0.3) is 33.5 Å². The molecule has 34 heavy (non-hydrogen) atoms. The molecular weight excluding hydrogens is 468 g/mol. The van der Waals surface area contributed by atoms with Crippen molar-refractivity contribution in [3.63, 3.8) is 0 Å². The van der Waals surface area contributed by atoms with E-state index < -0.39 is 0 Å². The number of methoxy groups -OCH3 is 1. The number of hydrogen-bond donors (Lipinski definition) is 1. The molecule has 3 heterocycles. The van der Waals surface area contributed by atoms with E-state index in [4.69, 9.17) is 9.72 Å². The molecule has 0 bridgehead atoms. The van der Waals surface area contributed by atoms with Crippen LogP contribution in [0.15, 0.2) is 53.7 Å². The van der Waals surface area contributed by atoms with Crippen LogP contribution in [0, 0.1) is 6.92 Å². The van der Waals surface area contributed by atoms with Crippen LogP contribution in [-0.2, 0) is 11.3 Å². The molecule has 0 atom stereocenters. The van der Waals surface area contributed by atoms with Gasteiger partial charge in [0.05, 0.1) is 19.2 Å². The second kappa shape index (κ2) is 9.40. The molecule has 8 nitrogen and oxygen atoms in total. The lowest BCUT2D eigenvalue weighted by Crippen LogP contribution is -2.06. The number of carbonyl (C=O) groups excluding carboxylic acids is 1. The van der Waals surface area contributed by atoms with E-state index in [0.717, 1.165) is 49.1 Å². The number of thioether (sulfide) groups is 1. The molecule has 0 unspecified atom stereocenters. The van der Waals surface area contributed by atoms with Gasteiger partial charge in [0.2, 0.25) is 0 Å². The van der Waals surface area contributed by atoms with Crippen molar-refractivity contribution in [1.29, 1.82) is 0 Å². The van der Waals surface area contributed by atoms with E-state index in [-0.39, 0.29) is 5.97 Å². The minimum Gasteiger partial charge on any atom is -0.465 e. The third kappa shape index (κ3) is 3.99. The van der Waals surface area contributed by atoms with Crippen molar-refractivity contribution >= 4 is 40.1 Å². The van der Waals surface area contributed by atoms with E-state index in [0.29, 0.717) is 17.2 Å². The fourth-order valence-corrected chi connectivity index (χ4v) is 5.70. The van der Waals surface area contributed by atoms with Crippen LogP contribution in [-0.4, -0.2) is 49.0 Å². The number of nitrogens with one attached hydrogen (secondary N) is 1. The molecule has 0 radical (unpaired) electrons. The number of H-pyrrole nitrogens is 1. The molecule has 0 fully saturated rings. The molecule has 0 saturated heterocycles. The number of fused-ring (bicyclic) bond motifs is 1. The van der Waals surface area contributed by atoms with Crippen molar-refractivity contribution in [2.24, 2.45) is 0 Å². The Morgan fingerprint density at radius 1 is 1.15 bits per heavy atom. The topological polar surface area (TPSA) is 98.6 Å². The van der Waals surface area contributed by atoms with Gasteiger partial charge in [-0.3, -0.25) is 0 Å². The Bertz CT molecular complexity index is 1460. The molecule has 0 aliphatic rings. The lowest BCUT2D eigenvalue weighted by molar-refractivity contribution is 0.0608. The highest BCUT2D eigenvalue weighted by Crippen LogP contribution is 2.36. The minimum absolute atomic E-state index is 0.328. The van der Waals surface area contributed by atoms with Crippen molar-refractivity contribution in [2.45, 2.75) is 25.5 Å². The number of tetrazole rings is 1. The fraction of sp³-hybridized carbons (Fsp3) is 0.208. The van der Waals surface area contributed by atoms with Crippen LogP contribution in [0.4, 0.5) is 0 Å². The van der Waals surface area contributed by atoms with Crippen molar-refractivity contribution in [3.8, 4) is 22.5 Å². The maximum absolute atomic E-state index is 12.5. The zero-order valence-electron chi connectivity index (χ0n) is 18.9. The Balaban J connectivity index is 1.52. The molecule has 2 aromatic carbocycles. The number of aromatic nitrogens is 6. The van der Waals surface area contributed by atoms with E-state index in [2.05, 4.69) is 62.4 Å². The predicted molar refractivity (Wildman–Crippen MR) is 134 cm³/mol. The molecule has 3 aromatic heterocycles. The first kappa shape index (κ1) is 22.3. The van der Waals surface area contributed by atoms with Crippen LogP contribution >= 0.6 is 23.1 Å². The van der Waals surface area contributed by atoms with Crippen LogP contribution in [0.1, 0.15) is 27.0 Å². The average molecular weight is 491 g/mol. The van der Waals surface area contributed by atoms with Crippen molar-refractivity contribution in [2.75, 3.05) is 12.9 Å². The molecule has 0 spiro atoms. The summed E-state index contributed by atoms with van der Waals surface area (Å²) in [4.78, 5) is 18.9. The van der Waals surface area contributed by atoms with Gasteiger partial charge in [-0.15, -0.1) is 16.4 Å². The third-order valence-electron chi connectivity index (χ3n) is 5.51. The van der Waals surface area contributed by atoms with Gasteiger partial charge >= 0.3 is 5.97 Å². The fourth-order valence-electron chi connectivity index (χ4n) is 3.96. The normalized spacial score (nSPS) is 11.3. The Kier molecular flexibility index (Phi) is 6.16. The maximum atomic E-state index is 12.5. The Hall–Kier alpha value is -3.50. The lowest BCUT2D eigenvalue weighted by atomic mass is 9.98. The number of aryl methyl sites for hydroxylation is 1. The summed E-state index contributed by atoms with van der Waals surface area (Å²) in [6.07, 6.45) is 0. The quantitative estimate of drug-likeness (QED) is 0.247. The molecule has 5 aromatic rings. The summed E-state index contributed by atoms with van der Waals surface area (Å²) in [7, 11) is 1.41. The molecule has 0 amide bonds. The summed E-state index contributed by atoms with van der Waals surface area (Å²) in [6, 6.07) is 16.4. The molecule has 1 N–H and O–H groups in total. The van der Waals surface area contributed by atoms with Gasteiger partial charge in [-0.2, -0.15) is 0 Å². The molecule has 5 rings (SSSR count). The van der Waals surface area contributed by atoms with Crippen molar-refractivity contribution in [1.82, 2.24) is 30.2 Å². The van der Waals surface area contributed by atoms with Crippen LogP contribution in [0.5, 0.6) is 0 Å². The summed E-state index contributed by atoms with van der Waals surface area (Å²) in [5.41, 5.74) is 5.87. The van der Waals surface area contributed by atoms with Gasteiger partial charge in [0, 0.05) is 10.4 Å². The monoisotopic (exact) mass is 490 g/mol. The summed E-state index contributed by atoms with van der Waals surface area (Å²) >= 11 is 3.10. The summed E-state index contributed by atoms with van der Waals surface area (Å²) < 4.78 is 7.17. The minimum atomic E-state index is -0.328. The van der Waals surface area contributed by atoms with Gasteiger partial charge < -0.3 is 9.30 Å². The number of ether oxygens (including phenoxy) is 1. The Morgan fingerprint density at radius 2 is 1.91 bits per heavy atom. The first-order valence-electron chi connectivity index (χ1n) is 10.7. The predicted octanol–water partition coefficient (Wildman–Crippen LogP) is 5.20. The maximum Gasteiger partial charge on any atom is 0.350 e. The summed E-state index contributed by atoms with van der Waals surface area (Å²) in [6.45, 7) is 4.70. The number of aromatic amines is 1. The van der Waals surface area contributed by atoms with E-state index in [1.54, 1.807) is 11.8 Å². The Morgan fingerprint density at radius 3 is 2.59 bits per heavy atom. The van der Waals surface area contributed by atoms with E-state index in [1.165, 1.54) is 18.4 Å². The van der Waals surface area contributed by atoms with Gasteiger partial charge in [-0.25, -0.2) is 14.9 Å². The van der Waals surface area contributed by atoms with E-state index in [1.807, 2.05) is 25.1 Å². The van der Waals surface area contributed by atoms with Crippen molar-refractivity contribution in [3.05, 3.63) is 63.8 Å². The molecule has 0 aliphatic carbocycles. The van der Waals surface area contributed by atoms with Gasteiger partial charge in [-0.05, 0) is 39.8 Å². The molecule has 10 heteroatoms. The second-order valence-corrected chi connectivity index (χ2v) is 10.0. The standard InChI is InChI=1S/C24H22N6O2S2/c1-4-33-24-25-19-14(2)34-21(23(31)32-3)20(19)30(24)13-15-9-11-16(12-10-15)17-7-5-6-8-18(17)22-26-28-29-27-22/h5-12H,4,13H2,1-3H3,(H,26,27,28,29). The van der Waals surface area contributed by atoms with Crippen LogP contribution in [0.3, 0.4) is 0 Å². The first-order valence-corrected chi connectivity index (χ1v) is 12.5. The number of rotatable bonds is 7. The van der Waals surface area contributed by atoms with Gasteiger partial charge in [-0.1, -0.05) is 67.2 Å². The average Bonchev–Trinajstić information content (AvgIpc) is 3.59. The number of thiophene rings is 1. The van der Waals surface area contributed by atoms with Gasteiger partial charge in [0.1, 0.15) is 10.4 Å². The highest BCUT2D eigenvalue weighted by molar-refractivity contribution is 7.99. The summed E-state index contributed by atoms with van der Waals surface area (Å²) in [5.74, 6) is 1.19. The van der Waals surface area contributed by atoms with E-state index >= 15 is 0 Å². The van der Waals surface area contributed by atoms with Gasteiger partial charge in [0.15, 0.2) is 11.0 Å².